The highest BCUT2D eigenvalue weighted by Gasteiger charge is 2.51. The highest BCUT2D eigenvalue weighted by Crippen LogP contribution is 2.39. The molecule has 3 aliphatic heterocycles. The van der Waals surface area contributed by atoms with Crippen LogP contribution in [0.4, 0.5) is 0 Å². The van der Waals surface area contributed by atoms with Crippen LogP contribution in [0.3, 0.4) is 0 Å². The Labute approximate surface area is 361 Å². The number of phenols is 3. The fraction of sp³-hybridized carbons (Fsp3) is 0.429. The molecule has 15 atom stereocenters. The SMILES string of the molecule is C[C@@H]1O[C@@H](Oc2c(-c3ccc(O)cc3)oc3cc(O[C@@H]4O[C@H](COC(=O)/C=C/c5ccc(O)cc5)[C@H](O)[C@H](O)[C@H]4O)cc(O)c3c2=O)[C@H](O)[C@H](O)[C@H]1O[C@@H]1O[C@H](CO)[C@H](O)[C@H](O)[C@H]1O. The van der Waals surface area contributed by atoms with E-state index >= 15 is 0 Å². The van der Waals surface area contributed by atoms with E-state index in [9.17, 15) is 70.9 Å². The molecule has 64 heavy (non-hydrogen) atoms. The van der Waals surface area contributed by atoms with Crippen molar-refractivity contribution in [3.8, 4) is 40.1 Å². The van der Waals surface area contributed by atoms with E-state index < -0.39 is 134 Å². The normalized spacial score (nSPS) is 33.2. The first-order valence-electron chi connectivity index (χ1n) is 19.7. The average Bonchev–Trinajstić information content (AvgIpc) is 3.27. The maximum Gasteiger partial charge on any atom is 0.330 e. The van der Waals surface area contributed by atoms with E-state index in [1.807, 2.05) is 0 Å². The topological polar surface area (TPSA) is 355 Å². The van der Waals surface area contributed by atoms with E-state index in [-0.39, 0.29) is 34.2 Å². The summed E-state index contributed by atoms with van der Waals surface area (Å²) in [5, 5.41) is 125. The van der Waals surface area contributed by atoms with Crippen LogP contribution in [-0.2, 0) is 28.5 Å². The molecule has 4 aromatic rings. The second kappa shape index (κ2) is 19.3. The van der Waals surface area contributed by atoms with Gasteiger partial charge in [0.15, 0.2) is 12.1 Å². The van der Waals surface area contributed by atoms with Crippen molar-refractivity contribution >= 4 is 23.0 Å². The number of carbonyl (C=O) groups is 1. The molecule has 0 amide bonds. The summed E-state index contributed by atoms with van der Waals surface area (Å²) in [6, 6.07) is 13.1. The van der Waals surface area contributed by atoms with Crippen LogP contribution in [0, 0.1) is 0 Å². The molecule has 0 spiro atoms. The van der Waals surface area contributed by atoms with Crippen LogP contribution in [-0.4, -0.2) is 173 Å². The lowest BCUT2D eigenvalue weighted by Gasteiger charge is -2.45. The first-order chi connectivity index (χ1) is 30.4. The van der Waals surface area contributed by atoms with Gasteiger partial charge in [-0.25, -0.2) is 4.79 Å². The zero-order valence-corrected chi connectivity index (χ0v) is 33.5. The van der Waals surface area contributed by atoms with Crippen molar-refractivity contribution < 1.29 is 104 Å². The van der Waals surface area contributed by atoms with Crippen molar-refractivity contribution in [3.05, 3.63) is 82.5 Å². The first kappa shape index (κ1) is 46.5. The maximum atomic E-state index is 14.2. The van der Waals surface area contributed by atoms with Crippen LogP contribution in [0.2, 0.25) is 0 Å². The quantitative estimate of drug-likeness (QED) is 0.0543. The van der Waals surface area contributed by atoms with Crippen LogP contribution in [0.1, 0.15) is 12.5 Å². The fourth-order valence-corrected chi connectivity index (χ4v) is 7.23. The van der Waals surface area contributed by atoms with Crippen molar-refractivity contribution in [2.45, 2.75) is 99.0 Å². The molecule has 3 aromatic carbocycles. The second-order valence-corrected chi connectivity index (χ2v) is 15.2. The first-order valence-corrected chi connectivity index (χ1v) is 19.7. The Hall–Kier alpha value is -5.44. The number of carbonyl (C=O) groups excluding carboxylic acids is 1. The average molecular weight is 903 g/mol. The Morgan fingerprint density at radius 3 is 1.92 bits per heavy atom. The van der Waals surface area contributed by atoms with E-state index in [1.54, 1.807) is 12.1 Å². The minimum absolute atomic E-state index is 0.0237. The largest absolute Gasteiger partial charge is 0.508 e. The van der Waals surface area contributed by atoms with Gasteiger partial charge in [-0.15, -0.1) is 0 Å². The summed E-state index contributed by atoms with van der Waals surface area (Å²) in [7, 11) is 0. The predicted octanol–water partition coefficient (Wildman–Crippen LogP) is -1.95. The molecule has 22 nitrogen and oxygen atoms in total. The van der Waals surface area contributed by atoms with Crippen molar-refractivity contribution in [1.29, 1.82) is 0 Å². The number of fused-ring (bicyclic) bond motifs is 1. The van der Waals surface area contributed by atoms with Gasteiger partial charge in [-0.2, -0.15) is 0 Å². The summed E-state index contributed by atoms with van der Waals surface area (Å²) in [4.78, 5) is 26.6. The lowest BCUT2D eigenvalue weighted by Crippen LogP contribution is -2.64. The summed E-state index contributed by atoms with van der Waals surface area (Å²) in [5.74, 6) is -3.08. The third kappa shape index (κ3) is 9.64. The predicted molar refractivity (Wildman–Crippen MR) is 212 cm³/mol. The van der Waals surface area contributed by atoms with E-state index in [4.69, 9.17) is 37.6 Å². The van der Waals surface area contributed by atoms with E-state index in [1.165, 1.54) is 49.4 Å². The third-order valence-corrected chi connectivity index (χ3v) is 10.8. The van der Waals surface area contributed by atoms with Gasteiger partial charge in [0.25, 0.3) is 0 Å². The third-order valence-electron chi connectivity index (χ3n) is 10.8. The Balaban J connectivity index is 1.11. The van der Waals surface area contributed by atoms with Gasteiger partial charge in [0.2, 0.25) is 23.8 Å². The van der Waals surface area contributed by atoms with Crippen molar-refractivity contribution in [2.24, 2.45) is 0 Å². The summed E-state index contributed by atoms with van der Waals surface area (Å²) < 4.78 is 45.3. The number of hydrogen-bond acceptors (Lipinski definition) is 22. The van der Waals surface area contributed by atoms with Crippen LogP contribution in [0.15, 0.2) is 76.0 Å². The molecule has 12 N–H and O–H groups in total. The molecule has 1 aromatic heterocycles. The monoisotopic (exact) mass is 902 g/mol. The lowest BCUT2D eigenvalue weighted by atomic mass is 9.97. The molecule has 0 radical (unpaired) electrons. The van der Waals surface area contributed by atoms with Crippen LogP contribution in [0.5, 0.6) is 28.7 Å². The van der Waals surface area contributed by atoms with Gasteiger partial charge in [0.05, 0.1) is 12.7 Å². The number of phenolic OH excluding ortho intramolecular Hbond substituents is 3. The number of benzene rings is 3. The number of aromatic hydroxyl groups is 3. The Morgan fingerprint density at radius 1 is 0.688 bits per heavy atom. The van der Waals surface area contributed by atoms with Gasteiger partial charge in [-0.05, 0) is 55.0 Å². The van der Waals surface area contributed by atoms with Gasteiger partial charge in [-0.3, -0.25) is 4.79 Å². The molecule has 3 aliphatic rings. The van der Waals surface area contributed by atoms with Crippen molar-refractivity contribution in [2.75, 3.05) is 13.2 Å². The molecule has 7 rings (SSSR count). The molecule has 3 saturated heterocycles. The molecular weight excluding hydrogens is 856 g/mol. The van der Waals surface area contributed by atoms with Gasteiger partial charge in [0.1, 0.15) is 108 Å². The molecular formula is C42H46O22. The number of esters is 1. The standard InChI is InChI=1S/C42H46O22/c1-16-37(63-42-35(55)31(51)28(48)24(14-43)61-42)33(53)36(56)40(58-16)64-39-30(50)27-22(46)12-21(13-23(27)60-38(39)18-5-9-20(45)10-6-18)59-41-34(54)32(52)29(49)25(62-41)15-57-26(47)11-4-17-2-7-19(44)8-3-17/h2-13,16,24-25,28-29,31-37,40-46,48-49,51-56H,14-15H2,1H3/b11-4+/t16-,24+,25+,28-,29-,31-,32-,33-,34+,35+,36+,37-,40-,41+,42-/m0/s1. The number of aliphatic hydroxyl groups is 9. The number of aliphatic hydroxyl groups excluding tert-OH is 9. The molecule has 4 heterocycles. The summed E-state index contributed by atoms with van der Waals surface area (Å²) in [5.41, 5.74) is -0.716. The Morgan fingerprint density at radius 2 is 1.27 bits per heavy atom. The van der Waals surface area contributed by atoms with Gasteiger partial charge in [0, 0.05) is 23.8 Å². The van der Waals surface area contributed by atoms with Crippen LogP contribution in [0.25, 0.3) is 28.4 Å². The Kier molecular flexibility index (Phi) is 14.1. The summed E-state index contributed by atoms with van der Waals surface area (Å²) in [6.45, 7) is 0.000572. The van der Waals surface area contributed by atoms with Crippen molar-refractivity contribution in [1.82, 2.24) is 0 Å². The van der Waals surface area contributed by atoms with Crippen molar-refractivity contribution in [3.63, 3.8) is 0 Å². The van der Waals surface area contributed by atoms with E-state index in [2.05, 4.69) is 0 Å². The number of ether oxygens (including phenoxy) is 7. The summed E-state index contributed by atoms with van der Waals surface area (Å²) >= 11 is 0. The zero-order chi connectivity index (χ0) is 46.1. The van der Waals surface area contributed by atoms with Gasteiger partial charge < -0.3 is 98.9 Å². The molecule has 0 saturated carbocycles. The maximum absolute atomic E-state index is 14.2. The molecule has 3 fully saturated rings. The number of hydrogen-bond donors (Lipinski definition) is 12. The van der Waals surface area contributed by atoms with E-state index in [0.29, 0.717) is 5.56 Å². The number of rotatable bonds is 12. The molecule has 22 heteroatoms. The van der Waals surface area contributed by atoms with E-state index in [0.717, 1.165) is 18.2 Å². The van der Waals surface area contributed by atoms with Gasteiger partial charge >= 0.3 is 5.97 Å². The highest BCUT2D eigenvalue weighted by atomic mass is 16.7. The van der Waals surface area contributed by atoms with Crippen LogP contribution >= 0.6 is 0 Å². The molecule has 0 aliphatic carbocycles. The summed E-state index contributed by atoms with van der Waals surface area (Å²) in [6.07, 6.45) is -23.1. The minimum Gasteiger partial charge on any atom is -0.508 e. The Bertz CT molecular complexity index is 2330. The molecule has 0 unspecified atom stereocenters. The minimum atomic E-state index is -2.00. The zero-order valence-electron chi connectivity index (χ0n) is 33.5. The second-order valence-electron chi connectivity index (χ2n) is 15.2. The van der Waals surface area contributed by atoms with Gasteiger partial charge in [-0.1, -0.05) is 12.1 Å². The van der Waals surface area contributed by atoms with Crippen LogP contribution < -0.4 is 14.9 Å². The molecule has 0 bridgehead atoms. The smallest absolute Gasteiger partial charge is 0.330 e. The fourth-order valence-electron chi connectivity index (χ4n) is 7.23. The highest BCUT2D eigenvalue weighted by molar-refractivity contribution is 5.88. The molecule has 346 valence electrons. The lowest BCUT2D eigenvalue weighted by molar-refractivity contribution is -0.348.